The first-order chi connectivity index (χ1) is 10.2. The van der Waals surface area contributed by atoms with Crippen molar-refractivity contribution in [3.05, 3.63) is 39.1 Å². The first-order valence-electron chi connectivity index (χ1n) is 5.81. The summed E-state index contributed by atoms with van der Waals surface area (Å²) in [5, 5.41) is 4.18. The lowest BCUT2D eigenvalue weighted by atomic mass is 10.2. The van der Waals surface area contributed by atoms with E-state index < -0.39 is 11.6 Å². The Balaban J connectivity index is 2.38. The molecule has 1 amide bonds. The van der Waals surface area contributed by atoms with Crippen molar-refractivity contribution in [1.29, 1.82) is 0 Å². The topological polar surface area (TPSA) is 90.0 Å². The molecule has 0 radical (unpaired) electrons. The van der Waals surface area contributed by atoms with Crippen LogP contribution in [0.4, 0.5) is 4.79 Å². The molecule has 0 spiro atoms. The summed E-state index contributed by atoms with van der Waals surface area (Å²) in [5.74, 6) is 5.22. The van der Waals surface area contributed by atoms with Crippen LogP contribution in [0.3, 0.4) is 0 Å². The van der Waals surface area contributed by atoms with Gasteiger partial charge in [-0.05, 0) is 11.4 Å². The van der Waals surface area contributed by atoms with Crippen molar-refractivity contribution in [2.24, 2.45) is 5.84 Å². The molecule has 0 atom stereocenters. The van der Waals surface area contributed by atoms with Gasteiger partial charge in [0.25, 0.3) is 5.56 Å². The SMILES string of the molecule is NNC(=O)n1c(CCl)nc2scc(-c3cccs3)c2c1=O. The van der Waals surface area contributed by atoms with E-state index >= 15 is 0 Å². The Bertz CT molecular complexity index is 869. The van der Waals surface area contributed by atoms with Gasteiger partial charge in [0, 0.05) is 15.8 Å². The highest BCUT2D eigenvalue weighted by Gasteiger charge is 2.20. The van der Waals surface area contributed by atoms with Crippen molar-refractivity contribution in [3.8, 4) is 10.4 Å². The Morgan fingerprint density at radius 3 is 2.90 bits per heavy atom. The van der Waals surface area contributed by atoms with Crippen LogP contribution in [0.1, 0.15) is 5.82 Å². The molecule has 21 heavy (non-hydrogen) atoms. The van der Waals surface area contributed by atoms with Crippen molar-refractivity contribution < 1.29 is 4.79 Å². The normalized spacial score (nSPS) is 11.0. The van der Waals surface area contributed by atoms with Gasteiger partial charge in [0.2, 0.25) is 0 Å². The van der Waals surface area contributed by atoms with Gasteiger partial charge in [-0.25, -0.2) is 20.2 Å². The number of hydrazine groups is 1. The smallest absolute Gasteiger partial charge is 0.275 e. The molecule has 0 aliphatic carbocycles. The zero-order valence-corrected chi connectivity index (χ0v) is 12.9. The molecule has 9 heteroatoms. The number of fused-ring (bicyclic) bond motifs is 1. The van der Waals surface area contributed by atoms with E-state index in [0.717, 1.165) is 15.0 Å². The molecule has 0 aliphatic rings. The van der Waals surface area contributed by atoms with Crippen molar-refractivity contribution in [1.82, 2.24) is 15.0 Å². The number of amides is 1. The molecule has 0 saturated carbocycles. The van der Waals surface area contributed by atoms with Crippen LogP contribution in [0.15, 0.2) is 27.7 Å². The molecule has 0 unspecified atom stereocenters. The van der Waals surface area contributed by atoms with E-state index in [9.17, 15) is 9.59 Å². The average molecular weight is 341 g/mol. The summed E-state index contributed by atoms with van der Waals surface area (Å²) in [6.45, 7) is 0. The second kappa shape index (κ2) is 5.57. The fraction of sp³-hybridized carbons (Fsp3) is 0.0833. The number of nitrogens with one attached hydrogen (secondary N) is 1. The van der Waals surface area contributed by atoms with Crippen molar-refractivity contribution in [2.45, 2.75) is 5.88 Å². The third kappa shape index (κ3) is 2.26. The van der Waals surface area contributed by atoms with Gasteiger partial charge in [0.15, 0.2) is 0 Å². The van der Waals surface area contributed by atoms with Gasteiger partial charge in [-0.3, -0.25) is 10.2 Å². The second-order valence-electron chi connectivity index (χ2n) is 4.06. The molecule has 108 valence electrons. The standard InChI is InChI=1S/C12H9ClN4O2S2/c13-4-8-15-10-9(11(18)17(8)12(19)16-14)6(5-21-10)7-2-1-3-20-7/h1-3,5H,4,14H2,(H,16,19). The average Bonchev–Trinajstić information content (AvgIpc) is 3.14. The molecule has 3 heterocycles. The number of nitrogens with zero attached hydrogens (tertiary/aromatic N) is 2. The maximum atomic E-state index is 12.6. The predicted molar refractivity (Wildman–Crippen MR) is 84.9 cm³/mol. The molecule has 0 fully saturated rings. The number of thiophene rings is 2. The summed E-state index contributed by atoms with van der Waals surface area (Å²) in [6.07, 6.45) is 0. The Labute approximate surface area is 131 Å². The monoisotopic (exact) mass is 340 g/mol. The van der Waals surface area contributed by atoms with Crippen LogP contribution in [0, 0.1) is 0 Å². The fourth-order valence-electron chi connectivity index (χ4n) is 2.01. The molecular formula is C12H9ClN4O2S2. The second-order valence-corrected chi connectivity index (χ2v) is 6.13. The minimum absolute atomic E-state index is 0.0646. The molecule has 0 saturated heterocycles. The number of carbonyl (C=O) groups excluding carboxylic acids is 1. The van der Waals surface area contributed by atoms with Gasteiger partial charge < -0.3 is 0 Å². The predicted octanol–water partition coefficient (Wildman–Crippen LogP) is 2.36. The van der Waals surface area contributed by atoms with Gasteiger partial charge in [-0.1, -0.05) is 6.07 Å². The van der Waals surface area contributed by atoms with E-state index in [1.54, 1.807) is 0 Å². The number of carbonyl (C=O) groups is 1. The summed E-state index contributed by atoms with van der Waals surface area (Å²) < 4.78 is 0.874. The van der Waals surface area contributed by atoms with E-state index in [-0.39, 0.29) is 11.7 Å². The third-order valence-electron chi connectivity index (χ3n) is 2.91. The van der Waals surface area contributed by atoms with Crippen LogP contribution < -0.4 is 16.8 Å². The number of aromatic nitrogens is 2. The molecule has 3 aromatic heterocycles. The zero-order chi connectivity index (χ0) is 15.0. The van der Waals surface area contributed by atoms with Gasteiger partial charge in [-0.2, -0.15) is 0 Å². The summed E-state index contributed by atoms with van der Waals surface area (Å²) in [7, 11) is 0. The van der Waals surface area contributed by atoms with E-state index in [2.05, 4.69) is 4.98 Å². The summed E-state index contributed by atoms with van der Waals surface area (Å²) in [4.78, 5) is 30.2. The lowest BCUT2D eigenvalue weighted by Gasteiger charge is -2.08. The van der Waals surface area contributed by atoms with Gasteiger partial charge in [0.05, 0.1) is 11.3 Å². The van der Waals surface area contributed by atoms with Gasteiger partial charge in [-0.15, -0.1) is 34.3 Å². The Kier molecular flexibility index (Phi) is 3.77. The number of hydrogen-bond acceptors (Lipinski definition) is 6. The maximum Gasteiger partial charge on any atom is 0.344 e. The van der Waals surface area contributed by atoms with Crippen LogP contribution in [0.25, 0.3) is 20.7 Å². The number of halogens is 1. The van der Waals surface area contributed by atoms with E-state index in [1.165, 1.54) is 22.7 Å². The van der Waals surface area contributed by atoms with Crippen LogP contribution in [0.2, 0.25) is 0 Å². The fourth-order valence-corrected chi connectivity index (χ4v) is 3.96. The van der Waals surface area contributed by atoms with Crippen molar-refractivity contribution >= 4 is 50.5 Å². The molecule has 3 rings (SSSR count). The lowest BCUT2D eigenvalue weighted by molar-refractivity contribution is 0.241. The van der Waals surface area contributed by atoms with E-state index in [0.29, 0.717) is 10.2 Å². The maximum absolute atomic E-state index is 12.6. The van der Waals surface area contributed by atoms with Crippen LogP contribution in [-0.4, -0.2) is 15.6 Å². The zero-order valence-electron chi connectivity index (χ0n) is 10.5. The van der Waals surface area contributed by atoms with Crippen LogP contribution in [0.5, 0.6) is 0 Å². The molecule has 0 aromatic carbocycles. The highest BCUT2D eigenvalue weighted by molar-refractivity contribution is 7.18. The largest absolute Gasteiger partial charge is 0.344 e. The summed E-state index contributed by atoms with van der Waals surface area (Å²) >= 11 is 8.63. The third-order valence-corrected chi connectivity index (χ3v) is 4.92. The summed E-state index contributed by atoms with van der Waals surface area (Å²) in [6, 6.07) is 3.05. The number of nitrogens with two attached hydrogens (primary N) is 1. The van der Waals surface area contributed by atoms with E-state index in [4.69, 9.17) is 17.4 Å². The van der Waals surface area contributed by atoms with Gasteiger partial charge >= 0.3 is 6.03 Å². The Hall–Kier alpha value is -1.74. The summed E-state index contributed by atoms with van der Waals surface area (Å²) in [5.41, 5.74) is 2.24. The lowest BCUT2D eigenvalue weighted by Crippen LogP contribution is -2.41. The molecular weight excluding hydrogens is 332 g/mol. The number of alkyl halides is 1. The highest BCUT2D eigenvalue weighted by Crippen LogP contribution is 2.33. The Morgan fingerprint density at radius 2 is 2.29 bits per heavy atom. The van der Waals surface area contributed by atoms with E-state index in [1.807, 2.05) is 28.3 Å². The number of rotatable bonds is 2. The number of nitrogen functional groups attached to an aromatic ring is 1. The first kappa shape index (κ1) is 14.2. The first-order valence-corrected chi connectivity index (χ1v) is 8.10. The van der Waals surface area contributed by atoms with Crippen LogP contribution in [-0.2, 0) is 5.88 Å². The molecule has 0 bridgehead atoms. The molecule has 0 aliphatic heterocycles. The molecule has 3 N–H and O–H groups in total. The quantitative estimate of drug-likeness (QED) is 0.324. The number of hydrogen-bond donors (Lipinski definition) is 2. The molecule has 6 nitrogen and oxygen atoms in total. The van der Waals surface area contributed by atoms with Crippen LogP contribution >= 0.6 is 34.3 Å². The van der Waals surface area contributed by atoms with Crippen molar-refractivity contribution in [3.63, 3.8) is 0 Å². The highest BCUT2D eigenvalue weighted by atomic mass is 35.5. The van der Waals surface area contributed by atoms with Crippen molar-refractivity contribution in [2.75, 3.05) is 0 Å². The Morgan fingerprint density at radius 1 is 1.48 bits per heavy atom. The molecule has 3 aromatic rings. The minimum Gasteiger partial charge on any atom is -0.275 e. The van der Waals surface area contributed by atoms with Gasteiger partial charge in [0.1, 0.15) is 10.7 Å². The minimum atomic E-state index is -0.756.